The van der Waals surface area contributed by atoms with Crippen molar-refractivity contribution in [1.29, 1.82) is 0 Å². The van der Waals surface area contributed by atoms with Gasteiger partial charge in [-0.15, -0.1) is 11.3 Å². The number of hydrogen-bond acceptors (Lipinski definition) is 6. The Balaban J connectivity index is 1.56. The quantitative estimate of drug-likeness (QED) is 0.573. The molecule has 0 aliphatic carbocycles. The number of thiophene rings is 1. The van der Waals surface area contributed by atoms with Crippen molar-refractivity contribution in [2.24, 2.45) is 0 Å². The highest BCUT2D eigenvalue weighted by Crippen LogP contribution is 2.30. The van der Waals surface area contributed by atoms with Crippen LogP contribution in [0.2, 0.25) is 0 Å². The number of nitrogens with one attached hydrogen (secondary N) is 1. The zero-order valence-corrected chi connectivity index (χ0v) is 15.1. The predicted molar refractivity (Wildman–Crippen MR) is 99.4 cm³/mol. The lowest BCUT2D eigenvalue weighted by Gasteiger charge is -2.07. The van der Waals surface area contributed by atoms with Gasteiger partial charge in [0.2, 0.25) is 0 Å². The first-order valence-electron chi connectivity index (χ1n) is 7.58. The van der Waals surface area contributed by atoms with Gasteiger partial charge < -0.3 is 5.32 Å². The minimum Gasteiger partial charge on any atom is -0.321 e. The molecule has 1 aromatic carbocycles. The van der Waals surface area contributed by atoms with E-state index in [-0.39, 0.29) is 11.6 Å². The molecule has 0 bridgehead atoms. The third-order valence-corrected chi connectivity index (χ3v) is 5.53. The number of carbonyl (C=O) groups is 1. The van der Waals surface area contributed by atoms with Crippen LogP contribution in [0.25, 0.3) is 16.3 Å². The van der Waals surface area contributed by atoms with Crippen molar-refractivity contribution in [2.45, 2.75) is 6.92 Å². The maximum absolute atomic E-state index is 14.3. The van der Waals surface area contributed by atoms with Gasteiger partial charge in [-0.1, -0.05) is 0 Å². The minimum absolute atomic E-state index is 0.259. The minimum atomic E-state index is -0.506. The lowest BCUT2D eigenvalue weighted by atomic mass is 10.2. The van der Waals surface area contributed by atoms with Gasteiger partial charge in [0.15, 0.2) is 5.82 Å². The standard InChI is InChI=1S/C17H12FN5OS2/c1-10-15(26-17(21-10)11-4-5-25-7-11)16(24)22-12-2-3-14(13(18)6-12)23-9-19-8-20-23/h2-9H,1H3,(H,22,24). The first kappa shape index (κ1) is 16.6. The third kappa shape index (κ3) is 3.14. The Morgan fingerprint density at radius 2 is 2.19 bits per heavy atom. The topological polar surface area (TPSA) is 72.7 Å². The largest absolute Gasteiger partial charge is 0.321 e. The molecular weight excluding hydrogens is 373 g/mol. The van der Waals surface area contributed by atoms with Gasteiger partial charge in [-0.05, 0) is 36.6 Å². The van der Waals surface area contributed by atoms with E-state index in [1.807, 2.05) is 16.8 Å². The summed E-state index contributed by atoms with van der Waals surface area (Å²) in [4.78, 5) is 21.3. The van der Waals surface area contributed by atoms with Crippen LogP contribution >= 0.6 is 22.7 Å². The SMILES string of the molecule is Cc1nc(-c2ccsc2)sc1C(=O)Nc1ccc(-n2cncn2)c(F)c1. The lowest BCUT2D eigenvalue weighted by molar-refractivity contribution is 0.103. The van der Waals surface area contributed by atoms with Crippen molar-refractivity contribution in [2.75, 3.05) is 5.32 Å². The fourth-order valence-electron chi connectivity index (χ4n) is 2.41. The number of anilines is 1. The van der Waals surface area contributed by atoms with Crippen molar-refractivity contribution in [3.8, 4) is 16.3 Å². The van der Waals surface area contributed by atoms with Crippen LogP contribution in [-0.2, 0) is 0 Å². The van der Waals surface area contributed by atoms with E-state index in [2.05, 4.69) is 20.4 Å². The van der Waals surface area contributed by atoms with E-state index in [0.717, 1.165) is 10.6 Å². The molecule has 26 heavy (non-hydrogen) atoms. The van der Waals surface area contributed by atoms with Gasteiger partial charge in [-0.3, -0.25) is 4.79 Å². The van der Waals surface area contributed by atoms with Gasteiger partial charge in [0.05, 0.1) is 5.69 Å². The molecule has 0 radical (unpaired) electrons. The molecule has 0 unspecified atom stereocenters. The number of thiazole rings is 1. The summed E-state index contributed by atoms with van der Waals surface area (Å²) in [5, 5.41) is 11.4. The van der Waals surface area contributed by atoms with E-state index in [9.17, 15) is 9.18 Å². The number of halogens is 1. The highest BCUT2D eigenvalue weighted by atomic mass is 32.1. The van der Waals surface area contributed by atoms with Crippen molar-refractivity contribution >= 4 is 34.3 Å². The molecule has 1 amide bonds. The number of amides is 1. The number of aromatic nitrogens is 4. The van der Waals surface area contributed by atoms with E-state index in [0.29, 0.717) is 16.3 Å². The highest BCUT2D eigenvalue weighted by Gasteiger charge is 2.17. The fraction of sp³-hybridized carbons (Fsp3) is 0.0588. The van der Waals surface area contributed by atoms with Crippen LogP contribution in [0.4, 0.5) is 10.1 Å². The molecule has 6 nitrogen and oxygen atoms in total. The van der Waals surface area contributed by atoms with E-state index in [4.69, 9.17) is 0 Å². The van der Waals surface area contributed by atoms with Crippen molar-refractivity contribution in [3.05, 3.63) is 64.1 Å². The highest BCUT2D eigenvalue weighted by molar-refractivity contribution is 7.17. The Morgan fingerprint density at radius 1 is 1.31 bits per heavy atom. The molecule has 4 rings (SSSR count). The van der Waals surface area contributed by atoms with Crippen molar-refractivity contribution < 1.29 is 9.18 Å². The molecule has 0 saturated carbocycles. The molecule has 0 fully saturated rings. The molecule has 3 aromatic heterocycles. The summed E-state index contributed by atoms with van der Waals surface area (Å²) in [7, 11) is 0. The fourth-order valence-corrected chi connectivity index (χ4v) is 4.08. The zero-order valence-electron chi connectivity index (χ0n) is 13.5. The molecular formula is C17H12FN5OS2. The Bertz CT molecular complexity index is 1060. The number of benzene rings is 1. The Labute approximate surface area is 156 Å². The lowest BCUT2D eigenvalue weighted by Crippen LogP contribution is -2.12. The van der Waals surface area contributed by atoms with Gasteiger partial charge in [0, 0.05) is 16.6 Å². The molecule has 1 N–H and O–H groups in total. The van der Waals surface area contributed by atoms with E-state index in [1.165, 1.54) is 40.8 Å². The average molecular weight is 385 g/mol. The molecule has 0 aliphatic heterocycles. The van der Waals surface area contributed by atoms with Crippen LogP contribution in [0.15, 0.2) is 47.7 Å². The van der Waals surface area contributed by atoms with Gasteiger partial charge in [-0.25, -0.2) is 19.0 Å². The summed E-state index contributed by atoms with van der Waals surface area (Å²) in [5.41, 5.74) is 2.26. The van der Waals surface area contributed by atoms with Crippen molar-refractivity contribution in [1.82, 2.24) is 19.7 Å². The number of nitrogens with zero attached hydrogens (tertiary/aromatic N) is 4. The van der Waals surface area contributed by atoms with Gasteiger partial charge in [0.1, 0.15) is 28.2 Å². The second-order valence-electron chi connectivity index (χ2n) is 5.41. The third-order valence-electron chi connectivity index (χ3n) is 3.64. The molecule has 0 atom stereocenters. The van der Waals surface area contributed by atoms with Gasteiger partial charge in [-0.2, -0.15) is 16.4 Å². The summed E-state index contributed by atoms with van der Waals surface area (Å²) in [6, 6.07) is 6.37. The Kier molecular flexibility index (Phi) is 4.31. The van der Waals surface area contributed by atoms with Crippen molar-refractivity contribution in [3.63, 3.8) is 0 Å². The van der Waals surface area contributed by atoms with Crippen LogP contribution in [0.5, 0.6) is 0 Å². The summed E-state index contributed by atoms with van der Waals surface area (Å²) in [6.45, 7) is 1.79. The van der Waals surface area contributed by atoms with E-state index < -0.39 is 5.82 Å². The molecule has 0 aliphatic rings. The summed E-state index contributed by atoms with van der Waals surface area (Å²) < 4.78 is 15.6. The van der Waals surface area contributed by atoms with Crippen LogP contribution < -0.4 is 5.32 Å². The average Bonchev–Trinajstić information content (AvgIpc) is 3.36. The Morgan fingerprint density at radius 3 is 2.88 bits per heavy atom. The second kappa shape index (κ2) is 6.77. The summed E-state index contributed by atoms with van der Waals surface area (Å²) in [5.74, 6) is -0.817. The van der Waals surface area contributed by atoms with Crippen LogP contribution in [0.3, 0.4) is 0 Å². The summed E-state index contributed by atoms with van der Waals surface area (Å²) >= 11 is 2.89. The molecule has 0 spiro atoms. The van der Waals surface area contributed by atoms with Gasteiger partial charge in [0.25, 0.3) is 5.91 Å². The molecule has 0 saturated heterocycles. The normalized spacial score (nSPS) is 10.8. The number of hydrogen-bond donors (Lipinski definition) is 1. The smallest absolute Gasteiger partial charge is 0.267 e. The maximum atomic E-state index is 14.3. The first-order chi connectivity index (χ1) is 12.6. The monoisotopic (exact) mass is 385 g/mol. The first-order valence-corrected chi connectivity index (χ1v) is 9.33. The van der Waals surface area contributed by atoms with Gasteiger partial charge >= 0.3 is 0 Å². The molecule has 9 heteroatoms. The maximum Gasteiger partial charge on any atom is 0.267 e. The second-order valence-corrected chi connectivity index (χ2v) is 7.19. The molecule has 3 heterocycles. The van der Waals surface area contributed by atoms with Crippen LogP contribution in [-0.4, -0.2) is 25.7 Å². The number of aryl methyl sites for hydroxylation is 1. The summed E-state index contributed by atoms with van der Waals surface area (Å²) in [6.07, 6.45) is 2.73. The Hall–Kier alpha value is -2.91. The number of carbonyl (C=O) groups excluding carboxylic acids is 1. The van der Waals surface area contributed by atoms with Crippen LogP contribution in [0.1, 0.15) is 15.4 Å². The van der Waals surface area contributed by atoms with E-state index >= 15 is 0 Å². The molecule has 130 valence electrons. The zero-order chi connectivity index (χ0) is 18.1. The van der Waals surface area contributed by atoms with E-state index in [1.54, 1.807) is 24.3 Å². The molecule has 4 aromatic rings. The number of rotatable bonds is 4. The predicted octanol–water partition coefficient (Wildman–Crippen LogP) is 4.15. The van der Waals surface area contributed by atoms with Crippen LogP contribution in [0, 0.1) is 12.7 Å².